The molecule has 0 spiro atoms. The molecule has 3 rings (SSSR count). The highest BCUT2D eigenvalue weighted by Crippen LogP contribution is 2.50. The van der Waals surface area contributed by atoms with Gasteiger partial charge in [0.2, 0.25) is 0 Å². The zero-order valence-corrected chi connectivity index (χ0v) is 11.9. The highest BCUT2D eigenvalue weighted by Gasteiger charge is 2.41. The number of Topliss-reactive ketones (excluding diaryl/α,β-unsaturated/α-hetero) is 1. The summed E-state index contributed by atoms with van der Waals surface area (Å²) in [7, 11) is 0. The molecule has 0 N–H and O–H groups in total. The lowest BCUT2D eigenvalue weighted by Crippen LogP contribution is -2.25. The normalized spacial score (nSPS) is 43.3. The third-order valence-corrected chi connectivity index (χ3v) is 6.16. The van der Waals surface area contributed by atoms with Crippen LogP contribution < -0.4 is 0 Å². The van der Waals surface area contributed by atoms with Crippen LogP contribution in [0.3, 0.4) is 0 Å². The molecule has 0 saturated heterocycles. The van der Waals surface area contributed by atoms with E-state index in [-0.39, 0.29) is 0 Å². The number of rotatable bonds is 4. The standard InChI is InChI=1S/C17H28O/c1-2-12-4-3-5-15(8-12)17(18)11-16-10-13-6-7-14(16)9-13/h12-16H,2-11H2,1H3. The van der Waals surface area contributed by atoms with Crippen LogP contribution in [-0.2, 0) is 4.79 Å². The van der Waals surface area contributed by atoms with Gasteiger partial charge in [0.05, 0.1) is 0 Å². The molecule has 0 aromatic heterocycles. The summed E-state index contributed by atoms with van der Waals surface area (Å²) in [6.45, 7) is 2.29. The average Bonchev–Trinajstić information content (AvgIpc) is 3.01. The number of hydrogen-bond donors (Lipinski definition) is 0. The Bertz CT molecular complexity index is 309. The second kappa shape index (κ2) is 5.35. The molecule has 102 valence electrons. The minimum absolute atomic E-state index is 0.433. The van der Waals surface area contributed by atoms with Crippen LogP contribution >= 0.6 is 0 Å². The fourth-order valence-electron chi connectivity index (χ4n) is 5.01. The summed E-state index contributed by atoms with van der Waals surface area (Å²) in [5.41, 5.74) is 0. The summed E-state index contributed by atoms with van der Waals surface area (Å²) in [6.07, 6.45) is 13.0. The summed E-state index contributed by atoms with van der Waals surface area (Å²) in [5.74, 6) is 4.59. The van der Waals surface area contributed by atoms with Crippen molar-refractivity contribution in [2.45, 2.75) is 71.1 Å². The van der Waals surface area contributed by atoms with Crippen LogP contribution in [0.4, 0.5) is 0 Å². The second-order valence-corrected chi connectivity index (χ2v) is 7.24. The molecule has 3 saturated carbocycles. The molecule has 0 aromatic rings. The minimum Gasteiger partial charge on any atom is -0.299 e. The second-order valence-electron chi connectivity index (χ2n) is 7.24. The number of fused-ring (bicyclic) bond motifs is 2. The Balaban J connectivity index is 1.52. The van der Waals surface area contributed by atoms with Crippen LogP contribution in [-0.4, -0.2) is 5.78 Å². The van der Waals surface area contributed by atoms with Crippen molar-refractivity contribution in [3.8, 4) is 0 Å². The first-order chi connectivity index (χ1) is 8.76. The zero-order valence-electron chi connectivity index (χ0n) is 11.9. The van der Waals surface area contributed by atoms with E-state index in [0.717, 1.165) is 30.1 Å². The minimum atomic E-state index is 0.433. The fourth-order valence-corrected chi connectivity index (χ4v) is 5.01. The summed E-state index contributed by atoms with van der Waals surface area (Å²) in [5, 5.41) is 0. The van der Waals surface area contributed by atoms with Gasteiger partial charge in [0.15, 0.2) is 0 Å². The predicted molar refractivity (Wildman–Crippen MR) is 74.3 cm³/mol. The molecule has 0 aliphatic heterocycles. The van der Waals surface area contributed by atoms with Crippen molar-refractivity contribution in [1.82, 2.24) is 0 Å². The molecule has 5 unspecified atom stereocenters. The Hall–Kier alpha value is -0.330. The van der Waals surface area contributed by atoms with Crippen molar-refractivity contribution in [2.75, 3.05) is 0 Å². The maximum atomic E-state index is 12.5. The molecule has 3 aliphatic rings. The molecule has 3 fully saturated rings. The number of hydrogen-bond acceptors (Lipinski definition) is 1. The van der Waals surface area contributed by atoms with Crippen molar-refractivity contribution >= 4 is 5.78 Å². The van der Waals surface area contributed by atoms with Crippen LogP contribution in [0.5, 0.6) is 0 Å². The Morgan fingerprint density at radius 1 is 1.06 bits per heavy atom. The first kappa shape index (κ1) is 12.7. The van der Waals surface area contributed by atoms with Gasteiger partial charge in [-0.25, -0.2) is 0 Å². The summed E-state index contributed by atoms with van der Waals surface area (Å²) in [4.78, 5) is 12.5. The van der Waals surface area contributed by atoms with Crippen molar-refractivity contribution in [3.63, 3.8) is 0 Å². The number of ketones is 1. The average molecular weight is 248 g/mol. The number of carbonyl (C=O) groups is 1. The van der Waals surface area contributed by atoms with Crippen molar-refractivity contribution in [3.05, 3.63) is 0 Å². The fraction of sp³-hybridized carbons (Fsp3) is 0.941. The first-order valence-electron chi connectivity index (χ1n) is 8.29. The van der Waals surface area contributed by atoms with E-state index in [4.69, 9.17) is 0 Å². The van der Waals surface area contributed by atoms with Crippen LogP contribution in [0.2, 0.25) is 0 Å². The lowest BCUT2D eigenvalue weighted by molar-refractivity contribution is -0.125. The van der Waals surface area contributed by atoms with E-state index in [1.165, 1.54) is 57.8 Å². The van der Waals surface area contributed by atoms with E-state index in [2.05, 4.69) is 6.92 Å². The smallest absolute Gasteiger partial charge is 0.136 e. The van der Waals surface area contributed by atoms with Gasteiger partial charge in [-0.1, -0.05) is 32.6 Å². The maximum absolute atomic E-state index is 12.5. The summed E-state index contributed by atoms with van der Waals surface area (Å²) >= 11 is 0. The van der Waals surface area contributed by atoms with E-state index in [9.17, 15) is 4.79 Å². The highest BCUT2D eigenvalue weighted by molar-refractivity contribution is 5.81. The molecule has 0 heterocycles. The Morgan fingerprint density at radius 3 is 2.61 bits per heavy atom. The Kier molecular flexibility index (Phi) is 3.77. The third kappa shape index (κ3) is 2.51. The Morgan fingerprint density at radius 2 is 1.94 bits per heavy atom. The van der Waals surface area contributed by atoms with Gasteiger partial charge in [-0.2, -0.15) is 0 Å². The SMILES string of the molecule is CCC1CCCC(C(=O)CC2CC3CCC2C3)C1. The summed E-state index contributed by atoms with van der Waals surface area (Å²) < 4.78 is 0. The van der Waals surface area contributed by atoms with E-state index < -0.39 is 0 Å². The quantitative estimate of drug-likeness (QED) is 0.710. The van der Waals surface area contributed by atoms with Crippen LogP contribution in [0.15, 0.2) is 0 Å². The van der Waals surface area contributed by atoms with E-state index in [0.29, 0.717) is 11.7 Å². The summed E-state index contributed by atoms with van der Waals surface area (Å²) in [6, 6.07) is 0. The number of carbonyl (C=O) groups excluding carboxylic acids is 1. The molecular formula is C17H28O. The van der Waals surface area contributed by atoms with Crippen molar-refractivity contribution in [2.24, 2.45) is 29.6 Å². The lowest BCUT2D eigenvalue weighted by Gasteiger charge is -2.29. The van der Waals surface area contributed by atoms with Crippen LogP contribution in [0.25, 0.3) is 0 Å². The van der Waals surface area contributed by atoms with Crippen LogP contribution in [0, 0.1) is 29.6 Å². The topological polar surface area (TPSA) is 17.1 Å². The highest BCUT2D eigenvalue weighted by atomic mass is 16.1. The molecule has 3 aliphatic carbocycles. The predicted octanol–water partition coefficient (Wildman–Crippen LogP) is 4.60. The molecule has 1 nitrogen and oxygen atoms in total. The largest absolute Gasteiger partial charge is 0.299 e. The lowest BCUT2D eigenvalue weighted by atomic mass is 9.75. The van der Waals surface area contributed by atoms with Gasteiger partial charge in [0.1, 0.15) is 5.78 Å². The Labute approximate surface area is 112 Å². The van der Waals surface area contributed by atoms with Gasteiger partial charge >= 0.3 is 0 Å². The molecule has 1 heteroatoms. The van der Waals surface area contributed by atoms with E-state index >= 15 is 0 Å². The van der Waals surface area contributed by atoms with Gasteiger partial charge in [-0.3, -0.25) is 4.79 Å². The van der Waals surface area contributed by atoms with E-state index in [1.54, 1.807) is 0 Å². The van der Waals surface area contributed by atoms with Crippen molar-refractivity contribution < 1.29 is 4.79 Å². The zero-order chi connectivity index (χ0) is 12.5. The first-order valence-corrected chi connectivity index (χ1v) is 8.29. The molecular weight excluding hydrogens is 220 g/mol. The molecule has 18 heavy (non-hydrogen) atoms. The monoisotopic (exact) mass is 248 g/mol. The van der Waals surface area contributed by atoms with Gasteiger partial charge in [0.25, 0.3) is 0 Å². The van der Waals surface area contributed by atoms with Gasteiger partial charge in [-0.05, 0) is 55.8 Å². The van der Waals surface area contributed by atoms with Crippen LogP contribution in [0.1, 0.15) is 71.1 Å². The van der Waals surface area contributed by atoms with Crippen molar-refractivity contribution in [1.29, 1.82) is 0 Å². The molecule has 0 aromatic carbocycles. The van der Waals surface area contributed by atoms with E-state index in [1.807, 2.05) is 0 Å². The molecule has 0 radical (unpaired) electrons. The molecule has 2 bridgehead atoms. The molecule has 0 amide bonds. The van der Waals surface area contributed by atoms with Gasteiger partial charge in [-0.15, -0.1) is 0 Å². The maximum Gasteiger partial charge on any atom is 0.136 e. The van der Waals surface area contributed by atoms with Gasteiger partial charge < -0.3 is 0 Å². The molecule has 5 atom stereocenters. The third-order valence-electron chi connectivity index (χ3n) is 6.16. The van der Waals surface area contributed by atoms with Gasteiger partial charge in [0, 0.05) is 12.3 Å².